The van der Waals surface area contributed by atoms with Gasteiger partial charge in [-0.1, -0.05) is 19.1 Å². The highest BCUT2D eigenvalue weighted by Crippen LogP contribution is 2.39. The number of thiophene rings is 1. The van der Waals surface area contributed by atoms with Crippen LogP contribution < -0.4 is 5.32 Å². The van der Waals surface area contributed by atoms with Gasteiger partial charge in [0.15, 0.2) is 0 Å². The molecule has 1 amide bonds. The summed E-state index contributed by atoms with van der Waals surface area (Å²) in [5.74, 6) is -4.14. The standard InChI is InChI=1S/C21H20F4N2O2S/c1-12-5-6-15-16(9-26)19(30-17(15)7-12)27-18(28)14-4-2-3-13(8-14)10-29-11-21(24,25)20(22)23/h2-4,8,12,20H,5-7,10-11H2,1H3,(H,27,28)/t12-/m0/s1. The van der Waals surface area contributed by atoms with Crippen LogP contribution in [-0.4, -0.2) is 24.9 Å². The van der Waals surface area contributed by atoms with Crippen LogP contribution in [-0.2, 0) is 24.2 Å². The van der Waals surface area contributed by atoms with Crippen molar-refractivity contribution in [1.29, 1.82) is 5.26 Å². The largest absolute Gasteiger partial charge is 0.370 e. The van der Waals surface area contributed by atoms with Crippen LogP contribution in [0, 0.1) is 17.2 Å². The summed E-state index contributed by atoms with van der Waals surface area (Å²) < 4.78 is 54.9. The Kier molecular flexibility index (Phi) is 6.78. The third-order valence-corrected chi connectivity index (χ3v) is 6.09. The van der Waals surface area contributed by atoms with Crippen molar-refractivity contribution in [2.75, 3.05) is 11.9 Å². The zero-order chi connectivity index (χ0) is 21.9. The van der Waals surface area contributed by atoms with Crippen LogP contribution in [0.5, 0.6) is 0 Å². The van der Waals surface area contributed by atoms with E-state index in [1.165, 1.54) is 23.5 Å². The van der Waals surface area contributed by atoms with Crippen molar-refractivity contribution < 1.29 is 27.1 Å². The Morgan fingerprint density at radius 2 is 2.20 bits per heavy atom. The molecule has 30 heavy (non-hydrogen) atoms. The molecule has 1 aliphatic rings. The molecule has 1 N–H and O–H groups in total. The van der Waals surface area contributed by atoms with E-state index in [1.54, 1.807) is 12.1 Å². The molecule has 2 aromatic rings. The van der Waals surface area contributed by atoms with Crippen LogP contribution in [0.3, 0.4) is 0 Å². The molecule has 1 aromatic heterocycles. The lowest BCUT2D eigenvalue weighted by Crippen LogP contribution is -2.32. The van der Waals surface area contributed by atoms with E-state index in [0.717, 1.165) is 29.7 Å². The molecule has 0 spiro atoms. The van der Waals surface area contributed by atoms with Crippen LogP contribution >= 0.6 is 11.3 Å². The Bertz CT molecular complexity index is 968. The van der Waals surface area contributed by atoms with Gasteiger partial charge in [-0.2, -0.15) is 14.0 Å². The normalized spacial score (nSPS) is 16.2. The molecule has 0 saturated carbocycles. The Morgan fingerprint density at radius 3 is 2.90 bits per heavy atom. The average Bonchev–Trinajstić information content (AvgIpc) is 3.03. The lowest BCUT2D eigenvalue weighted by molar-refractivity contribution is -0.168. The second-order valence-electron chi connectivity index (χ2n) is 7.38. The Balaban J connectivity index is 1.68. The molecule has 1 heterocycles. The lowest BCUT2D eigenvalue weighted by atomic mass is 9.88. The van der Waals surface area contributed by atoms with E-state index in [1.807, 2.05) is 0 Å². The number of halogens is 4. The van der Waals surface area contributed by atoms with Gasteiger partial charge in [0, 0.05) is 10.4 Å². The minimum Gasteiger partial charge on any atom is -0.370 e. The average molecular weight is 440 g/mol. The Labute approximate surface area is 175 Å². The number of nitrogens with zero attached hydrogens (tertiary/aromatic N) is 1. The van der Waals surface area contributed by atoms with Gasteiger partial charge < -0.3 is 10.1 Å². The zero-order valence-corrected chi connectivity index (χ0v) is 17.0. The summed E-state index contributed by atoms with van der Waals surface area (Å²) in [4.78, 5) is 13.8. The number of fused-ring (bicyclic) bond motifs is 1. The van der Waals surface area contributed by atoms with Gasteiger partial charge in [-0.25, -0.2) is 8.78 Å². The van der Waals surface area contributed by atoms with Crippen LogP contribution in [0.4, 0.5) is 22.6 Å². The van der Waals surface area contributed by atoms with Crippen LogP contribution in [0.1, 0.15) is 45.3 Å². The highest BCUT2D eigenvalue weighted by Gasteiger charge is 2.40. The van der Waals surface area contributed by atoms with E-state index in [0.29, 0.717) is 22.0 Å². The number of ether oxygens (including phenoxy) is 1. The summed E-state index contributed by atoms with van der Waals surface area (Å²) in [6.45, 7) is 0.404. The fourth-order valence-electron chi connectivity index (χ4n) is 3.30. The monoisotopic (exact) mass is 440 g/mol. The first-order valence-electron chi connectivity index (χ1n) is 9.40. The molecule has 0 aliphatic heterocycles. The summed E-state index contributed by atoms with van der Waals surface area (Å²) >= 11 is 1.40. The maximum atomic E-state index is 12.9. The molecule has 0 saturated heterocycles. The van der Waals surface area contributed by atoms with Crippen molar-refractivity contribution in [1.82, 2.24) is 0 Å². The first kappa shape index (κ1) is 22.2. The zero-order valence-electron chi connectivity index (χ0n) is 16.2. The third-order valence-electron chi connectivity index (χ3n) is 4.92. The van der Waals surface area contributed by atoms with E-state index in [-0.39, 0.29) is 12.2 Å². The van der Waals surface area contributed by atoms with Crippen LogP contribution in [0.25, 0.3) is 0 Å². The van der Waals surface area contributed by atoms with E-state index in [2.05, 4.69) is 18.3 Å². The molecular formula is C21H20F4N2O2S. The fourth-order valence-corrected chi connectivity index (χ4v) is 4.66. The van der Waals surface area contributed by atoms with E-state index < -0.39 is 24.9 Å². The smallest absolute Gasteiger partial charge is 0.330 e. The highest BCUT2D eigenvalue weighted by molar-refractivity contribution is 7.16. The minimum absolute atomic E-state index is 0.250. The number of alkyl halides is 4. The molecule has 1 aromatic carbocycles. The number of carbonyl (C=O) groups excluding carboxylic acids is 1. The van der Waals surface area contributed by atoms with Crippen molar-refractivity contribution in [3.05, 3.63) is 51.4 Å². The molecule has 9 heteroatoms. The SMILES string of the molecule is C[C@H]1CCc2c(sc(NC(=O)c3cccc(COCC(F)(F)C(F)F)c3)c2C#N)C1. The molecule has 1 aliphatic carbocycles. The summed E-state index contributed by atoms with van der Waals surface area (Å²) in [6.07, 6.45) is -1.12. The molecule has 0 radical (unpaired) electrons. The van der Waals surface area contributed by atoms with E-state index in [9.17, 15) is 27.6 Å². The van der Waals surface area contributed by atoms with Gasteiger partial charge in [0.1, 0.15) is 17.7 Å². The number of hydrogen-bond acceptors (Lipinski definition) is 4. The molecule has 160 valence electrons. The van der Waals surface area contributed by atoms with E-state index in [4.69, 9.17) is 4.74 Å². The highest BCUT2D eigenvalue weighted by atomic mass is 32.1. The topological polar surface area (TPSA) is 62.1 Å². The summed E-state index contributed by atoms with van der Waals surface area (Å²) in [6, 6.07) is 8.25. The van der Waals surface area contributed by atoms with Crippen molar-refractivity contribution in [2.45, 2.75) is 45.1 Å². The van der Waals surface area contributed by atoms with Crippen molar-refractivity contribution >= 4 is 22.2 Å². The number of rotatable bonds is 7. The second-order valence-corrected chi connectivity index (χ2v) is 8.48. The number of nitrogens with one attached hydrogen (secondary N) is 1. The quantitative estimate of drug-likeness (QED) is 0.586. The maximum absolute atomic E-state index is 12.9. The van der Waals surface area contributed by atoms with Gasteiger partial charge in [-0.05, 0) is 48.4 Å². The second kappa shape index (κ2) is 9.14. The van der Waals surface area contributed by atoms with Crippen molar-refractivity contribution in [2.24, 2.45) is 5.92 Å². The van der Waals surface area contributed by atoms with Gasteiger partial charge >= 0.3 is 12.3 Å². The first-order chi connectivity index (χ1) is 14.2. The predicted octanol–water partition coefficient (Wildman–Crippen LogP) is 5.41. The predicted molar refractivity (Wildman–Crippen MR) is 105 cm³/mol. The Hall–Kier alpha value is -2.44. The van der Waals surface area contributed by atoms with Crippen LogP contribution in [0.2, 0.25) is 0 Å². The number of nitriles is 1. The molecule has 3 rings (SSSR count). The van der Waals surface area contributed by atoms with Gasteiger partial charge in [-0.3, -0.25) is 4.79 Å². The molecular weight excluding hydrogens is 420 g/mol. The Morgan fingerprint density at radius 1 is 1.43 bits per heavy atom. The first-order valence-corrected chi connectivity index (χ1v) is 10.2. The van der Waals surface area contributed by atoms with Crippen molar-refractivity contribution in [3.63, 3.8) is 0 Å². The molecule has 0 bridgehead atoms. The number of benzene rings is 1. The van der Waals surface area contributed by atoms with Gasteiger partial charge in [0.25, 0.3) is 5.91 Å². The van der Waals surface area contributed by atoms with Gasteiger partial charge in [0.05, 0.1) is 12.2 Å². The number of hydrogen-bond donors (Lipinski definition) is 1. The summed E-state index contributed by atoms with van der Waals surface area (Å²) in [7, 11) is 0. The minimum atomic E-state index is -4.22. The molecule has 0 unspecified atom stereocenters. The number of carbonyl (C=O) groups is 1. The summed E-state index contributed by atoms with van der Waals surface area (Å²) in [5, 5.41) is 12.8. The van der Waals surface area contributed by atoms with Crippen molar-refractivity contribution in [3.8, 4) is 6.07 Å². The number of amides is 1. The number of anilines is 1. The molecule has 4 nitrogen and oxygen atoms in total. The maximum Gasteiger partial charge on any atom is 0.330 e. The van der Waals surface area contributed by atoms with Gasteiger partial charge in [0.2, 0.25) is 0 Å². The fraction of sp³-hybridized carbons (Fsp3) is 0.429. The van der Waals surface area contributed by atoms with Gasteiger partial charge in [-0.15, -0.1) is 11.3 Å². The third kappa shape index (κ3) is 4.99. The summed E-state index contributed by atoms with van der Waals surface area (Å²) in [5.41, 5.74) is 2.13. The molecule has 0 fully saturated rings. The molecule has 1 atom stereocenters. The van der Waals surface area contributed by atoms with Crippen LogP contribution in [0.15, 0.2) is 24.3 Å². The lowest BCUT2D eigenvalue weighted by Gasteiger charge is -2.17. The van der Waals surface area contributed by atoms with E-state index >= 15 is 0 Å².